The molecule has 78 valence electrons. The van der Waals surface area contributed by atoms with Gasteiger partial charge in [0.15, 0.2) is 0 Å². The van der Waals surface area contributed by atoms with E-state index in [-0.39, 0.29) is 11.8 Å². The number of phenols is 1. The summed E-state index contributed by atoms with van der Waals surface area (Å²) in [7, 11) is 0. The standard InChI is InChI=1S/C11H17NO2/c1-3-9(12)11(14)8-5-4-7(2)10(13)6-8/h4-6,9,11,13-14H,3,12H2,1-2H3. The van der Waals surface area contributed by atoms with Gasteiger partial charge in [-0.2, -0.15) is 0 Å². The van der Waals surface area contributed by atoms with Gasteiger partial charge in [0, 0.05) is 6.04 Å². The van der Waals surface area contributed by atoms with Gasteiger partial charge >= 0.3 is 0 Å². The van der Waals surface area contributed by atoms with Crippen LogP contribution in [0.3, 0.4) is 0 Å². The van der Waals surface area contributed by atoms with E-state index in [0.29, 0.717) is 12.0 Å². The van der Waals surface area contributed by atoms with Crippen molar-refractivity contribution in [1.82, 2.24) is 0 Å². The lowest BCUT2D eigenvalue weighted by atomic mass is 10.00. The molecular weight excluding hydrogens is 178 g/mol. The van der Waals surface area contributed by atoms with Gasteiger partial charge < -0.3 is 15.9 Å². The van der Waals surface area contributed by atoms with Crippen LogP contribution < -0.4 is 5.73 Å². The number of rotatable bonds is 3. The van der Waals surface area contributed by atoms with E-state index in [1.807, 2.05) is 13.8 Å². The number of aryl methyl sites for hydroxylation is 1. The molecule has 0 aliphatic carbocycles. The monoisotopic (exact) mass is 195 g/mol. The van der Waals surface area contributed by atoms with Gasteiger partial charge in [-0.25, -0.2) is 0 Å². The SMILES string of the molecule is CCC(N)C(O)c1ccc(C)c(O)c1. The zero-order chi connectivity index (χ0) is 10.7. The summed E-state index contributed by atoms with van der Waals surface area (Å²) in [6.45, 7) is 3.73. The normalized spacial score (nSPS) is 15.1. The summed E-state index contributed by atoms with van der Waals surface area (Å²) < 4.78 is 0. The molecule has 0 saturated carbocycles. The molecule has 0 aliphatic rings. The van der Waals surface area contributed by atoms with Crippen molar-refractivity contribution in [3.63, 3.8) is 0 Å². The van der Waals surface area contributed by atoms with Crippen molar-refractivity contribution in [2.75, 3.05) is 0 Å². The van der Waals surface area contributed by atoms with Crippen molar-refractivity contribution in [2.45, 2.75) is 32.4 Å². The highest BCUT2D eigenvalue weighted by Crippen LogP contribution is 2.24. The molecule has 14 heavy (non-hydrogen) atoms. The maximum Gasteiger partial charge on any atom is 0.118 e. The zero-order valence-electron chi connectivity index (χ0n) is 8.57. The van der Waals surface area contributed by atoms with Crippen LogP contribution in [0.4, 0.5) is 0 Å². The van der Waals surface area contributed by atoms with Crippen molar-refractivity contribution in [3.05, 3.63) is 29.3 Å². The topological polar surface area (TPSA) is 66.5 Å². The van der Waals surface area contributed by atoms with E-state index < -0.39 is 6.10 Å². The summed E-state index contributed by atoms with van der Waals surface area (Å²) >= 11 is 0. The van der Waals surface area contributed by atoms with E-state index >= 15 is 0 Å². The van der Waals surface area contributed by atoms with Crippen LogP contribution in [-0.2, 0) is 0 Å². The summed E-state index contributed by atoms with van der Waals surface area (Å²) in [6, 6.07) is 4.85. The Morgan fingerprint density at radius 3 is 2.57 bits per heavy atom. The molecule has 0 radical (unpaired) electrons. The number of hydrogen-bond acceptors (Lipinski definition) is 3. The van der Waals surface area contributed by atoms with Crippen LogP contribution in [0.1, 0.15) is 30.6 Å². The third-order valence-electron chi connectivity index (χ3n) is 2.45. The Balaban J connectivity index is 2.91. The largest absolute Gasteiger partial charge is 0.508 e. The smallest absolute Gasteiger partial charge is 0.118 e. The molecule has 2 unspecified atom stereocenters. The van der Waals surface area contributed by atoms with Gasteiger partial charge in [0.05, 0.1) is 6.10 Å². The van der Waals surface area contributed by atoms with Crippen LogP contribution in [-0.4, -0.2) is 16.3 Å². The highest BCUT2D eigenvalue weighted by Gasteiger charge is 2.15. The van der Waals surface area contributed by atoms with E-state index in [1.54, 1.807) is 18.2 Å². The molecule has 0 heterocycles. The van der Waals surface area contributed by atoms with Crippen LogP contribution in [0.2, 0.25) is 0 Å². The second kappa shape index (κ2) is 4.44. The average molecular weight is 195 g/mol. The second-order valence-corrected chi connectivity index (χ2v) is 3.56. The summed E-state index contributed by atoms with van der Waals surface area (Å²) in [5.74, 6) is 0.199. The van der Waals surface area contributed by atoms with Crippen LogP contribution in [0.25, 0.3) is 0 Å². The molecule has 0 amide bonds. The molecular formula is C11H17NO2. The van der Waals surface area contributed by atoms with Crippen molar-refractivity contribution in [1.29, 1.82) is 0 Å². The molecule has 0 aliphatic heterocycles. The lowest BCUT2D eigenvalue weighted by Gasteiger charge is -2.17. The minimum Gasteiger partial charge on any atom is -0.508 e. The molecule has 0 spiro atoms. The summed E-state index contributed by atoms with van der Waals surface area (Å²) in [5.41, 5.74) is 7.17. The average Bonchev–Trinajstić information content (AvgIpc) is 2.20. The first-order valence-corrected chi connectivity index (χ1v) is 4.79. The fraction of sp³-hybridized carbons (Fsp3) is 0.455. The number of nitrogens with two attached hydrogens (primary N) is 1. The quantitative estimate of drug-likeness (QED) is 0.684. The van der Waals surface area contributed by atoms with E-state index in [2.05, 4.69) is 0 Å². The van der Waals surface area contributed by atoms with Crippen molar-refractivity contribution < 1.29 is 10.2 Å². The van der Waals surface area contributed by atoms with Crippen molar-refractivity contribution in [2.24, 2.45) is 5.73 Å². The van der Waals surface area contributed by atoms with Gasteiger partial charge in [0.1, 0.15) is 5.75 Å². The van der Waals surface area contributed by atoms with Gasteiger partial charge in [-0.15, -0.1) is 0 Å². The van der Waals surface area contributed by atoms with E-state index in [9.17, 15) is 10.2 Å². The van der Waals surface area contributed by atoms with Gasteiger partial charge in [-0.3, -0.25) is 0 Å². The third-order valence-corrected chi connectivity index (χ3v) is 2.45. The van der Waals surface area contributed by atoms with E-state index in [0.717, 1.165) is 5.56 Å². The van der Waals surface area contributed by atoms with Crippen LogP contribution >= 0.6 is 0 Å². The van der Waals surface area contributed by atoms with E-state index in [1.165, 1.54) is 0 Å². The van der Waals surface area contributed by atoms with Gasteiger partial charge in [0.25, 0.3) is 0 Å². The van der Waals surface area contributed by atoms with Crippen LogP contribution in [0.5, 0.6) is 5.75 Å². The predicted molar refractivity (Wildman–Crippen MR) is 56.1 cm³/mol. The maximum absolute atomic E-state index is 9.77. The first-order valence-electron chi connectivity index (χ1n) is 4.79. The number of aromatic hydroxyl groups is 1. The highest BCUT2D eigenvalue weighted by molar-refractivity contribution is 5.36. The third kappa shape index (κ3) is 2.25. The molecule has 3 nitrogen and oxygen atoms in total. The van der Waals surface area contributed by atoms with Crippen molar-refractivity contribution in [3.8, 4) is 5.75 Å². The summed E-state index contributed by atoms with van der Waals surface area (Å²) in [4.78, 5) is 0. The Labute approximate surface area is 84.2 Å². The molecule has 2 atom stereocenters. The number of phenolic OH excluding ortho intramolecular Hbond substituents is 1. The first kappa shape index (κ1) is 11.0. The number of aliphatic hydroxyl groups excluding tert-OH is 1. The molecule has 1 aromatic rings. The Bertz CT molecular complexity index is 312. The van der Waals surface area contributed by atoms with Gasteiger partial charge in [-0.1, -0.05) is 19.1 Å². The van der Waals surface area contributed by atoms with Crippen LogP contribution in [0.15, 0.2) is 18.2 Å². The van der Waals surface area contributed by atoms with Gasteiger partial charge in [0.2, 0.25) is 0 Å². The number of benzene rings is 1. The maximum atomic E-state index is 9.77. The molecule has 4 N–H and O–H groups in total. The summed E-state index contributed by atoms with van der Waals surface area (Å²) in [5, 5.41) is 19.2. The fourth-order valence-corrected chi connectivity index (χ4v) is 1.28. The van der Waals surface area contributed by atoms with Gasteiger partial charge in [-0.05, 0) is 30.5 Å². The Kier molecular flexibility index (Phi) is 3.49. The highest BCUT2D eigenvalue weighted by atomic mass is 16.3. The molecule has 1 rings (SSSR count). The molecule has 0 fully saturated rings. The Hall–Kier alpha value is -1.06. The Morgan fingerprint density at radius 2 is 2.07 bits per heavy atom. The minimum absolute atomic E-state index is 0.199. The van der Waals surface area contributed by atoms with Crippen molar-refractivity contribution >= 4 is 0 Å². The fourth-order valence-electron chi connectivity index (χ4n) is 1.28. The zero-order valence-corrected chi connectivity index (χ0v) is 8.57. The Morgan fingerprint density at radius 1 is 1.43 bits per heavy atom. The lowest BCUT2D eigenvalue weighted by Crippen LogP contribution is -2.27. The lowest BCUT2D eigenvalue weighted by molar-refractivity contribution is 0.144. The van der Waals surface area contributed by atoms with E-state index in [4.69, 9.17) is 5.73 Å². The molecule has 0 saturated heterocycles. The molecule has 3 heteroatoms. The molecule has 1 aromatic carbocycles. The number of hydrogen-bond donors (Lipinski definition) is 3. The van der Waals surface area contributed by atoms with Crippen LogP contribution in [0, 0.1) is 6.92 Å². The minimum atomic E-state index is -0.702. The molecule has 0 aromatic heterocycles. The number of aliphatic hydroxyl groups is 1. The molecule has 0 bridgehead atoms. The second-order valence-electron chi connectivity index (χ2n) is 3.56. The first-order chi connectivity index (χ1) is 6.56. The predicted octanol–water partition coefficient (Wildman–Crippen LogP) is 1.47. The summed E-state index contributed by atoms with van der Waals surface area (Å²) in [6.07, 6.45) is 0.00186.